The number of nitrogens with two attached hydrogens (primary N) is 2. The molecular formula is C14H14Cl2N4O. The normalized spacial score (nSPS) is 10.4. The number of amides is 1. The molecule has 21 heavy (non-hydrogen) atoms. The molecule has 0 saturated heterocycles. The van der Waals surface area contributed by atoms with E-state index >= 15 is 0 Å². The van der Waals surface area contributed by atoms with Gasteiger partial charge in [-0.1, -0.05) is 41.4 Å². The Kier molecular flexibility index (Phi) is 4.88. The number of carbonyl (C=O) groups excluding carboxylic acids is 1. The molecule has 0 aliphatic heterocycles. The number of rotatable bonds is 5. The first-order chi connectivity index (χ1) is 9.97. The van der Waals surface area contributed by atoms with E-state index in [0.29, 0.717) is 28.1 Å². The number of pyridine rings is 1. The van der Waals surface area contributed by atoms with Gasteiger partial charge in [0.05, 0.1) is 16.6 Å². The van der Waals surface area contributed by atoms with Crippen molar-refractivity contribution in [1.29, 1.82) is 0 Å². The second kappa shape index (κ2) is 6.65. The quantitative estimate of drug-likeness (QED) is 0.827. The minimum Gasteiger partial charge on any atom is -0.398 e. The molecule has 1 aromatic heterocycles. The molecule has 2 aromatic rings. The molecular weight excluding hydrogens is 311 g/mol. The highest BCUT2D eigenvalue weighted by Gasteiger charge is 2.16. The van der Waals surface area contributed by atoms with Crippen LogP contribution in [-0.4, -0.2) is 17.4 Å². The van der Waals surface area contributed by atoms with Gasteiger partial charge >= 0.3 is 0 Å². The number of para-hydroxylation sites is 1. The lowest BCUT2D eigenvalue weighted by Crippen LogP contribution is -2.34. The van der Waals surface area contributed by atoms with Gasteiger partial charge in [0.15, 0.2) is 0 Å². The Labute approximate surface area is 132 Å². The van der Waals surface area contributed by atoms with E-state index in [1.807, 2.05) is 18.2 Å². The number of aromatic nitrogens is 1. The average molecular weight is 325 g/mol. The maximum absolute atomic E-state index is 11.3. The van der Waals surface area contributed by atoms with Gasteiger partial charge in [0.2, 0.25) is 5.91 Å². The van der Waals surface area contributed by atoms with E-state index in [1.54, 1.807) is 17.0 Å². The summed E-state index contributed by atoms with van der Waals surface area (Å²) in [6, 6.07) is 8.92. The van der Waals surface area contributed by atoms with Crippen LogP contribution in [0.15, 0.2) is 36.5 Å². The van der Waals surface area contributed by atoms with E-state index in [-0.39, 0.29) is 6.54 Å². The Morgan fingerprint density at radius 2 is 2.00 bits per heavy atom. The second-order valence-electron chi connectivity index (χ2n) is 4.48. The molecule has 0 radical (unpaired) electrons. The third-order valence-corrected chi connectivity index (χ3v) is 3.34. The van der Waals surface area contributed by atoms with Crippen molar-refractivity contribution >= 4 is 40.6 Å². The van der Waals surface area contributed by atoms with Crippen molar-refractivity contribution in [2.75, 3.05) is 17.2 Å². The summed E-state index contributed by atoms with van der Waals surface area (Å²) in [4.78, 5) is 17.1. The molecule has 5 nitrogen and oxygen atoms in total. The highest BCUT2D eigenvalue weighted by Crippen LogP contribution is 2.27. The predicted octanol–water partition coefficient (Wildman–Crippen LogP) is 2.46. The van der Waals surface area contributed by atoms with Crippen LogP contribution in [0.4, 0.5) is 11.5 Å². The van der Waals surface area contributed by atoms with Crippen molar-refractivity contribution in [3.05, 3.63) is 52.1 Å². The van der Waals surface area contributed by atoms with E-state index in [4.69, 9.17) is 34.7 Å². The van der Waals surface area contributed by atoms with Crippen molar-refractivity contribution in [3.8, 4) is 0 Å². The van der Waals surface area contributed by atoms with E-state index in [9.17, 15) is 4.79 Å². The third-order valence-electron chi connectivity index (χ3n) is 2.85. The number of carbonyl (C=O) groups is 1. The lowest BCUT2D eigenvalue weighted by molar-refractivity contribution is -0.116. The first kappa shape index (κ1) is 15.4. The number of nitrogen functional groups attached to an aromatic ring is 1. The van der Waals surface area contributed by atoms with E-state index in [0.717, 1.165) is 5.56 Å². The number of halogens is 2. The minimum absolute atomic E-state index is 0.0251. The van der Waals surface area contributed by atoms with Gasteiger partial charge in [-0.2, -0.15) is 0 Å². The van der Waals surface area contributed by atoms with E-state index in [1.165, 1.54) is 6.20 Å². The van der Waals surface area contributed by atoms with Gasteiger partial charge in [0.25, 0.3) is 0 Å². The maximum atomic E-state index is 11.3. The Balaban J connectivity index is 2.34. The zero-order valence-corrected chi connectivity index (χ0v) is 12.6. The summed E-state index contributed by atoms with van der Waals surface area (Å²) >= 11 is 12.0. The minimum atomic E-state index is -0.489. The molecule has 0 fully saturated rings. The lowest BCUT2D eigenvalue weighted by atomic mass is 10.1. The molecule has 0 unspecified atom stereocenters. The summed E-state index contributed by atoms with van der Waals surface area (Å²) in [6.45, 7) is 0.340. The fourth-order valence-corrected chi connectivity index (χ4v) is 2.42. The van der Waals surface area contributed by atoms with E-state index in [2.05, 4.69) is 4.98 Å². The fraction of sp³-hybridized carbons (Fsp3) is 0.143. The zero-order valence-electron chi connectivity index (χ0n) is 11.1. The van der Waals surface area contributed by atoms with Crippen LogP contribution >= 0.6 is 23.2 Å². The molecule has 1 amide bonds. The lowest BCUT2D eigenvalue weighted by Gasteiger charge is -2.24. The molecule has 0 atom stereocenters. The van der Waals surface area contributed by atoms with E-state index < -0.39 is 5.91 Å². The van der Waals surface area contributed by atoms with Crippen molar-refractivity contribution < 1.29 is 4.79 Å². The van der Waals surface area contributed by atoms with Crippen molar-refractivity contribution in [1.82, 2.24) is 4.98 Å². The summed E-state index contributed by atoms with van der Waals surface area (Å²) < 4.78 is 0. The van der Waals surface area contributed by atoms with Crippen LogP contribution in [0.2, 0.25) is 10.0 Å². The summed E-state index contributed by atoms with van der Waals surface area (Å²) in [5.41, 5.74) is 12.7. The standard InChI is InChI=1S/C14H14Cl2N4O/c15-10-5-11(16)14(19-6-10)20(8-13(18)21)7-9-3-1-2-4-12(9)17/h1-6H,7-8,17H2,(H2,18,21). The van der Waals surface area contributed by atoms with Crippen molar-refractivity contribution in [3.63, 3.8) is 0 Å². The number of hydrogen-bond donors (Lipinski definition) is 2. The fourth-order valence-electron chi connectivity index (χ4n) is 1.92. The van der Waals surface area contributed by atoms with Crippen LogP contribution in [0.5, 0.6) is 0 Å². The number of benzene rings is 1. The predicted molar refractivity (Wildman–Crippen MR) is 85.4 cm³/mol. The van der Waals surface area contributed by atoms with Gasteiger partial charge in [-0.15, -0.1) is 0 Å². The zero-order chi connectivity index (χ0) is 15.4. The summed E-state index contributed by atoms with van der Waals surface area (Å²) in [6.07, 6.45) is 1.46. The number of hydrogen-bond acceptors (Lipinski definition) is 4. The molecule has 1 aromatic carbocycles. The van der Waals surface area contributed by atoms with Crippen LogP contribution in [0, 0.1) is 0 Å². The first-order valence-electron chi connectivity index (χ1n) is 6.15. The topological polar surface area (TPSA) is 85.2 Å². The largest absolute Gasteiger partial charge is 0.398 e. The molecule has 0 aliphatic rings. The molecule has 0 bridgehead atoms. The van der Waals surface area contributed by atoms with Crippen molar-refractivity contribution in [2.45, 2.75) is 6.54 Å². The number of primary amides is 1. The third kappa shape index (κ3) is 4.00. The Morgan fingerprint density at radius 1 is 1.29 bits per heavy atom. The van der Waals surface area contributed by atoms with Crippen LogP contribution in [0.1, 0.15) is 5.56 Å². The SMILES string of the molecule is NC(=O)CN(Cc1ccccc1N)c1ncc(Cl)cc1Cl. The molecule has 110 valence electrons. The first-order valence-corrected chi connectivity index (χ1v) is 6.90. The van der Waals surface area contributed by atoms with Gasteiger partial charge in [-0.25, -0.2) is 4.98 Å². The number of nitrogens with zero attached hydrogens (tertiary/aromatic N) is 2. The van der Waals surface area contributed by atoms with Gasteiger partial charge < -0.3 is 16.4 Å². The van der Waals surface area contributed by atoms with Gasteiger partial charge in [-0.3, -0.25) is 4.79 Å². The highest BCUT2D eigenvalue weighted by atomic mass is 35.5. The van der Waals surface area contributed by atoms with Crippen molar-refractivity contribution in [2.24, 2.45) is 5.73 Å². The number of anilines is 2. The highest BCUT2D eigenvalue weighted by molar-refractivity contribution is 6.36. The molecule has 0 spiro atoms. The van der Waals surface area contributed by atoms with Crippen LogP contribution in [-0.2, 0) is 11.3 Å². The smallest absolute Gasteiger partial charge is 0.237 e. The summed E-state index contributed by atoms with van der Waals surface area (Å²) in [7, 11) is 0. The molecule has 7 heteroatoms. The second-order valence-corrected chi connectivity index (χ2v) is 5.32. The molecule has 4 N–H and O–H groups in total. The summed E-state index contributed by atoms with van der Waals surface area (Å²) in [5.74, 6) is -0.0551. The Bertz CT molecular complexity index is 663. The molecule has 2 rings (SSSR count). The van der Waals surface area contributed by atoms with Gasteiger partial charge in [0, 0.05) is 18.4 Å². The molecule has 0 saturated carbocycles. The molecule has 1 heterocycles. The summed E-state index contributed by atoms with van der Waals surface area (Å²) in [5, 5.41) is 0.764. The average Bonchev–Trinajstić information content (AvgIpc) is 2.40. The maximum Gasteiger partial charge on any atom is 0.237 e. The van der Waals surface area contributed by atoms with Crippen LogP contribution in [0.25, 0.3) is 0 Å². The Hall–Kier alpha value is -1.98. The van der Waals surface area contributed by atoms with Gasteiger partial charge in [-0.05, 0) is 17.7 Å². The van der Waals surface area contributed by atoms with Gasteiger partial charge in [0.1, 0.15) is 5.82 Å². The monoisotopic (exact) mass is 324 g/mol. The van der Waals surface area contributed by atoms with Crippen LogP contribution < -0.4 is 16.4 Å². The molecule has 0 aliphatic carbocycles. The van der Waals surface area contributed by atoms with Crippen LogP contribution in [0.3, 0.4) is 0 Å². The Morgan fingerprint density at radius 3 is 2.62 bits per heavy atom.